The standard InChI is InChI=1S/C14H20ClNO/c1-3-14(7-8-14)10-16-9-11-12(15)5-4-6-13(11)17-2/h4-6,16H,3,7-10H2,1-2H3. The van der Waals surface area contributed by atoms with Crippen molar-refractivity contribution in [2.75, 3.05) is 13.7 Å². The van der Waals surface area contributed by atoms with E-state index in [4.69, 9.17) is 16.3 Å². The third kappa shape index (κ3) is 2.93. The van der Waals surface area contributed by atoms with Crippen LogP contribution in [0, 0.1) is 5.41 Å². The molecule has 0 aromatic heterocycles. The molecule has 1 fully saturated rings. The third-order valence-electron chi connectivity index (χ3n) is 3.80. The molecule has 1 aliphatic rings. The summed E-state index contributed by atoms with van der Waals surface area (Å²) in [6.45, 7) is 4.13. The van der Waals surface area contributed by atoms with E-state index in [1.807, 2.05) is 18.2 Å². The molecule has 94 valence electrons. The number of benzene rings is 1. The predicted octanol–water partition coefficient (Wildman–Crippen LogP) is 3.63. The Kier molecular flexibility index (Phi) is 3.95. The molecule has 3 heteroatoms. The molecule has 2 rings (SSSR count). The molecule has 1 saturated carbocycles. The Morgan fingerprint density at radius 3 is 2.76 bits per heavy atom. The molecule has 0 aliphatic heterocycles. The summed E-state index contributed by atoms with van der Waals surface area (Å²) in [6.07, 6.45) is 3.98. The number of halogens is 1. The van der Waals surface area contributed by atoms with Crippen molar-refractivity contribution in [3.63, 3.8) is 0 Å². The second-order valence-corrected chi connectivity index (χ2v) is 5.28. The second-order valence-electron chi connectivity index (χ2n) is 4.88. The zero-order valence-corrected chi connectivity index (χ0v) is 11.3. The SMILES string of the molecule is CCC1(CNCc2c(Cl)cccc2OC)CC1. The Morgan fingerprint density at radius 1 is 1.41 bits per heavy atom. The molecule has 0 amide bonds. The summed E-state index contributed by atoms with van der Waals surface area (Å²) in [6, 6.07) is 5.78. The van der Waals surface area contributed by atoms with Crippen LogP contribution in [0.15, 0.2) is 18.2 Å². The Bertz CT molecular complexity index is 388. The summed E-state index contributed by atoms with van der Waals surface area (Å²) in [4.78, 5) is 0. The topological polar surface area (TPSA) is 21.3 Å². The molecule has 0 radical (unpaired) electrons. The smallest absolute Gasteiger partial charge is 0.124 e. The van der Waals surface area contributed by atoms with Gasteiger partial charge in [0.15, 0.2) is 0 Å². The van der Waals surface area contributed by atoms with Crippen molar-refractivity contribution < 1.29 is 4.74 Å². The Morgan fingerprint density at radius 2 is 2.18 bits per heavy atom. The molecule has 0 unspecified atom stereocenters. The van der Waals surface area contributed by atoms with Crippen LogP contribution in [0.3, 0.4) is 0 Å². The molecule has 1 aromatic rings. The molecule has 2 nitrogen and oxygen atoms in total. The summed E-state index contributed by atoms with van der Waals surface area (Å²) in [5, 5.41) is 4.28. The molecule has 17 heavy (non-hydrogen) atoms. The van der Waals surface area contributed by atoms with Gasteiger partial charge in [0.05, 0.1) is 7.11 Å². The summed E-state index contributed by atoms with van der Waals surface area (Å²) < 4.78 is 5.33. The average Bonchev–Trinajstić information content (AvgIpc) is 3.12. The van der Waals surface area contributed by atoms with Gasteiger partial charge in [0.1, 0.15) is 5.75 Å². The molecule has 0 heterocycles. The normalized spacial score (nSPS) is 16.9. The Balaban J connectivity index is 1.94. The minimum absolute atomic E-state index is 0.564. The second kappa shape index (κ2) is 5.28. The van der Waals surface area contributed by atoms with Crippen LogP contribution in [0.5, 0.6) is 5.75 Å². The first-order valence-electron chi connectivity index (χ1n) is 6.23. The van der Waals surface area contributed by atoms with Gasteiger partial charge in [-0.1, -0.05) is 24.6 Å². The molecular formula is C14H20ClNO. The van der Waals surface area contributed by atoms with Crippen molar-refractivity contribution in [1.82, 2.24) is 5.32 Å². The van der Waals surface area contributed by atoms with E-state index in [2.05, 4.69) is 12.2 Å². The van der Waals surface area contributed by atoms with Crippen molar-refractivity contribution in [3.8, 4) is 5.75 Å². The molecule has 0 saturated heterocycles. The quantitative estimate of drug-likeness (QED) is 0.836. The van der Waals surface area contributed by atoms with Gasteiger partial charge in [-0.25, -0.2) is 0 Å². The van der Waals surface area contributed by atoms with E-state index in [1.54, 1.807) is 7.11 Å². The van der Waals surface area contributed by atoms with Gasteiger partial charge in [-0.15, -0.1) is 0 Å². The van der Waals surface area contributed by atoms with Crippen molar-refractivity contribution >= 4 is 11.6 Å². The predicted molar refractivity (Wildman–Crippen MR) is 71.7 cm³/mol. The van der Waals surface area contributed by atoms with E-state index < -0.39 is 0 Å². The number of rotatable bonds is 6. The van der Waals surface area contributed by atoms with Gasteiger partial charge < -0.3 is 10.1 Å². The lowest BCUT2D eigenvalue weighted by molar-refractivity contribution is 0.402. The maximum absolute atomic E-state index is 6.19. The highest BCUT2D eigenvalue weighted by molar-refractivity contribution is 6.31. The van der Waals surface area contributed by atoms with E-state index in [9.17, 15) is 0 Å². The van der Waals surface area contributed by atoms with Crippen molar-refractivity contribution in [2.24, 2.45) is 5.41 Å². The number of hydrogen-bond donors (Lipinski definition) is 1. The molecule has 1 aromatic carbocycles. The van der Waals surface area contributed by atoms with E-state index in [0.29, 0.717) is 5.41 Å². The number of methoxy groups -OCH3 is 1. The first-order chi connectivity index (χ1) is 8.21. The Hall–Kier alpha value is -0.730. The van der Waals surface area contributed by atoms with E-state index >= 15 is 0 Å². The van der Waals surface area contributed by atoms with E-state index in [0.717, 1.165) is 29.4 Å². The van der Waals surface area contributed by atoms with Crippen LogP contribution in [0.2, 0.25) is 5.02 Å². The Labute approximate surface area is 108 Å². The van der Waals surface area contributed by atoms with Gasteiger partial charge >= 0.3 is 0 Å². The zero-order valence-electron chi connectivity index (χ0n) is 10.6. The van der Waals surface area contributed by atoms with Gasteiger partial charge in [0.25, 0.3) is 0 Å². The van der Waals surface area contributed by atoms with Crippen LogP contribution < -0.4 is 10.1 Å². The van der Waals surface area contributed by atoms with Crippen LogP contribution in [0.1, 0.15) is 31.7 Å². The fraction of sp³-hybridized carbons (Fsp3) is 0.571. The van der Waals surface area contributed by atoms with Gasteiger partial charge in [-0.3, -0.25) is 0 Å². The van der Waals surface area contributed by atoms with Crippen molar-refractivity contribution in [3.05, 3.63) is 28.8 Å². The molecule has 1 aliphatic carbocycles. The first-order valence-corrected chi connectivity index (χ1v) is 6.61. The number of nitrogens with one attached hydrogen (secondary N) is 1. The van der Waals surface area contributed by atoms with E-state index in [1.165, 1.54) is 19.3 Å². The molecule has 0 bridgehead atoms. The molecular weight excluding hydrogens is 234 g/mol. The largest absolute Gasteiger partial charge is 0.496 e. The lowest BCUT2D eigenvalue weighted by atomic mass is 10.0. The van der Waals surface area contributed by atoms with Crippen LogP contribution in [-0.4, -0.2) is 13.7 Å². The zero-order chi connectivity index (χ0) is 12.3. The van der Waals surface area contributed by atoms with Crippen molar-refractivity contribution in [1.29, 1.82) is 0 Å². The van der Waals surface area contributed by atoms with Crippen LogP contribution in [0.4, 0.5) is 0 Å². The number of ether oxygens (including phenoxy) is 1. The molecule has 0 atom stereocenters. The average molecular weight is 254 g/mol. The van der Waals surface area contributed by atoms with E-state index in [-0.39, 0.29) is 0 Å². The lowest BCUT2D eigenvalue weighted by Crippen LogP contribution is -2.23. The highest BCUT2D eigenvalue weighted by atomic mass is 35.5. The minimum atomic E-state index is 0.564. The highest BCUT2D eigenvalue weighted by Gasteiger charge is 2.39. The summed E-state index contributed by atoms with van der Waals surface area (Å²) in [5.41, 5.74) is 1.62. The summed E-state index contributed by atoms with van der Waals surface area (Å²) in [5.74, 6) is 0.867. The third-order valence-corrected chi connectivity index (χ3v) is 4.16. The highest BCUT2D eigenvalue weighted by Crippen LogP contribution is 2.47. The minimum Gasteiger partial charge on any atom is -0.496 e. The van der Waals surface area contributed by atoms with Gasteiger partial charge in [-0.05, 0) is 36.8 Å². The van der Waals surface area contributed by atoms with Gasteiger partial charge in [-0.2, -0.15) is 0 Å². The van der Waals surface area contributed by atoms with Gasteiger partial charge in [0, 0.05) is 23.7 Å². The first kappa shape index (κ1) is 12.7. The monoisotopic (exact) mass is 253 g/mol. The molecule has 1 N–H and O–H groups in total. The maximum Gasteiger partial charge on any atom is 0.124 e. The van der Waals surface area contributed by atoms with Crippen LogP contribution >= 0.6 is 11.6 Å². The summed E-state index contributed by atoms with van der Waals surface area (Å²) in [7, 11) is 1.68. The maximum atomic E-state index is 6.19. The van der Waals surface area contributed by atoms with Gasteiger partial charge in [0.2, 0.25) is 0 Å². The summed E-state index contributed by atoms with van der Waals surface area (Å²) >= 11 is 6.19. The van der Waals surface area contributed by atoms with Crippen molar-refractivity contribution in [2.45, 2.75) is 32.7 Å². The fourth-order valence-corrected chi connectivity index (χ4v) is 2.42. The lowest BCUT2D eigenvalue weighted by Gasteiger charge is -2.15. The van der Waals surface area contributed by atoms with Crippen LogP contribution in [0.25, 0.3) is 0 Å². The number of hydrogen-bond acceptors (Lipinski definition) is 2. The van der Waals surface area contributed by atoms with Crippen LogP contribution in [-0.2, 0) is 6.54 Å². The molecule has 0 spiro atoms. The fourth-order valence-electron chi connectivity index (χ4n) is 2.19.